The number of pyridine rings is 2. The van der Waals surface area contributed by atoms with Crippen LogP contribution in [0.2, 0.25) is 0 Å². The molecule has 0 atom stereocenters. The standard InChI is InChI=1S/C6H6FNO.C5H4FNO.2CH4/c1-9-6-3-2-5(7)4-8-6;6-4-1-2-5(8)7-3-4;;/h2-4H,1H3;1-3H,(H,7,8);2*1H4. The van der Waals surface area contributed by atoms with E-state index in [9.17, 15) is 13.6 Å². The Morgan fingerprint density at radius 2 is 1.74 bits per heavy atom. The van der Waals surface area contributed by atoms with E-state index < -0.39 is 5.82 Å². The van der Waals surface area contributed by atoms with Gasteiger partial charge in [0.15, 0.2) is 0 Å². The van der Waals surface area contributed by atoms with E-state index in [1.807, 2.05) is 0 Å². The van der Waals surface area contributed by atoms with Crippen molar-refractivity contribution in [3.05, 3.63) is 58.6 Å². The summed E-state index contributed by atoms with van der Waals surface area (Å²) in [5, 5.41) is 0. The number of nitrogens with one attached hydrogen (secondary N) is 1. The lowest BCUT2D eigenvalue weighted by Crippen LogP contribution is -2.01. The molecule has 0 saturated heterocycles. The topological polar surface area (TPSA) is 55.0 Å². The van der Waals surface area contributed by atoms with Crippen LogP contribution >= 0.6 is 0 Å². The molecule has 2 rings (SSSR count). The lowest BCUT2D eigenvalue weighted by atomic mass is 10.5. The van der Waals surface area contributed by atoms with Crippen LogP contribution in [0.5, 0.6) is 5.88 Å². The van der Waals surface area contributed by atoms with Gasteiger partial charge in [0.2, 0.25) is 11.4 Å². The van der Waals surface area contributed by atoms with Crippen LogP contribution in [0.25, 0.3) is 0 Å². The Morgan fingerprint density at radius 3 is 2.11 bits per heavy atom. The summed E-state index contributed by atoms with van der Waals surface area (Å²) in [5.74, 6) is -0.350. The van der Waals surface area contributed by atoms with Crippen LogP contribution in [-0.2, 0) is 0 Å². The van der Waals surface area contributed by atoms with Gasteiger partial charge in [0.05, 0.1) is 13.3 Å². The van der Waals surface area contributed by atoms with E-state index in [2.05, 4.69) is 9.97 Å². The molecule has 4 nitrogen and oxygen atoms in total. The molecule has 0 aromatic carbocycles. The summed E-state index contributed by atoms with van der Waals surface area (Å²) in [4.78, 5) is 16.0. The zero-order chi connectivity index (χ0) is 12.7. The Balaban J connectivity index is 0. The van der Waals surface area contributed by atoms with Crippen LogP contribution in [-0.4, -0.2) is 17.1 Å². The number of aromatic nitrogens is 2. The van der Waals surface area contributed by atoms with Crippen molar-refractivity contribution in [2.45, 2.75) is 14.9 Å². The Hall–Kier alpha value is -2.24. The first kappa shape index (κ1) is 19.1. The molecule has 0 saturated carbocycles. The summed E-state index contributed by atoms with van der Waals surface area (Å²) >= 11 is 0. The van der Waals surface area contributed by atoms with Crippen LogP contribution in [0.3, 0.4) is 0 Å². The Morgan fingerprint density at radius 1 is 1.11 bits per heavy atom. The lowest BCUT2D eigenvalue weighted by Gasteiger charge is -1.94. The monoisotopic (exact) mass is 272 g/mol. The molecule has 19 heavy (non-hydrogen) atoms. The number of rotatable bonds is 1. The maximum Gasteiger partial charge on any atom is 0.248 e. The molecule has 6 heteroatoms. The van der Waals surface area contributed by atoms with E-state index in [1.54, 1.807) is 0 Å². The first-order chi connectivity index (χ1) is 8.11. The predicted molar refractivity (Wildman–Crippen MR) is 71.2 cm³/mol. The van der Waals surface area contributed by atoms with Crippen molar-refractivity contribution in [1.29, 1.82) is 0 Å². The van der Waals surface area contributed by atoms with E-state index >= 15 is 0 Å². The van der Waals surface area contributed by atoms with E-state index in [-0.39, 0.29) is 26.2 Å². The number of H-pyrrole nitrogens is 1. The fourth-order valence-corrected chi connectivity index (χ4v) is 0.875. The highest BCUT2D eigenvalue weighted by atomic mass is 19.1. The van der Waals surface area contributed by atoms with Gasteiger partial charge >= 0.3 is 0 Å². The van der Waals surface area contributed by atoms with Gasteiger partial charge in [-0.15, -0.1) is 0 Å². The van der Waals surface area contributed by atoms with E-state index in [1.165, 1.54) is 19.2 Å². The Labute approximate surface area is 111 Å². The van der Waals surface area contributed by atoms with E-state index in [0.29, 0.717) is 5.88 Å². The molecular formula is C13H18F2N2O2. The molecule has 0 unspecified atom stereocenters. The maximum atomic E-state index is 12.1. The van der Waals surface area contributed by atoms with Gasteiger partial charge in [-0.1, -0.05) is 14.9 Å². The number of ether oxygens (including phenoxy) is 1. The molecule has 0 amide bonds. The van der Waals surface area contributed by atoms with Crippen molar-refractivity contribution in [1.82, 2.24) is 9.97 Å². The Kier molecular flexibility index (Phi) is 9.81. The highest BCUT2D eigenvalue weighted by Crippen LogP contribution is 2.03. The van der Waals surface area contributed by atoms with Crippen molar-refractivity contribution < 1.29 is 13.5 Å². The predicted octanol–water partition coefficient (Wildman–Crippen LogP) is 3.02. The zero-order valence-electron chi connectivity index (χ0n) is 8.98. The van der Waals surface area contributed by atoms with Crippen LogP contribution in [0.15, 0.2) is 41.5 Å². The molecule has 2 aromatic heterocycles. The molecule has 2 aromatic rings. The minimum atomic E-state index is -0.426. The van der Waals surface area contributed by atoms with E-state index in [0.717, 1.165) is 24.5 Å². The van der Waals surface area contributed by atoms with Crippen LogP contribution in [0.1, 0.15) is 14.9 Å². The van der Waals surface area contributed by atoms with Gasteiger partial charge in [0, 0.05) is 18.3 Å². The minimum absolute atomic E-state index is 0. The first-order valence-electron chi connectivity index (χ1n) is 4.61. The van der Waals surface area contributed by atoms with Crippen LogP contribution < -0.4 is 10.3 Å². The van der Waals surface area contributed by atoms with Crippen LogP contribution in [0.4, 0.5) is 8.78 Å². The van der Waals surface area contributed by atoms with Crippen molar-refractivity contribution >= 4 is 0 Å². The fourth-order valence-electron chi connectivity index (χ4n) is 0.875. The number of methoxy groups -OCH3 is 1. The number of halogens is 2. The SMILES string of the molecule is C.C.COc1ccc(F)cn1.O=c1ccc(F)c[nH]1. The molecule has 2 heterocycles. The summed E-state index contributed by atoms with van der Waals surface area (Å²) in [6, 6.07) is 5.01. The molecule has 0 radical (unpaired) electrons. The second kappa shape index (κ2) is 9.76. The van der Waals surface area contributed by atoms with Crippen molar-refractivity contribution in [3.63, 3.8) is 0 Å². The third kappa shape index (κ3) is 7.64. The second-order valence-corrected chi connectivity index (χ2v) is 2.89. The molecule has 0 bridgehead atoms. The van der Waals surface area contributed by atoms with Gasteiger partial charge < -0.3 is 9.72 Å². The minimum Gasteiger partial charge on any atom is -0.481 e. The quantitative estimate of drug-likeness (QED) is 0.868. The average Bonchev–Trinajstić information content (AvgIpc) is 2.35. The van der Waals surface area contributed by atoms with Gasteiger partial charge in [-0.25, -0.2) is 13.8 Å². The summed E-state index contributed by atoms with van der Waals surface area (Å²) in [5.41, 5.74) is -0.286. The summed E-state index contributed by atoms with van der Waals surface area (Å²) in [6.45, 7) is 0. The lowest BCUT2D eigenvalue weighted by molar-refractivity contribution is 0.396. The van der Waals surface area contributed by atoms with Gasteiger partial charge in [-0.2, -0.15) is 0 Å². The number of hydrogen-bond donors (Lipinski definition) is 1. The number of aromatic amines is 1. The summed E-state index contributed by atoms with van der Waals surface area (Å²) < 4.78 is 28.7. The van der Waals surface area contributed by atoms with Gasteiger partial charge in [0.1, 0.15) is 11.6 Å². The van der Waals surface area contributed by atoms with Gasteiger partial charge in [0.25, 0.3) is 0 Å². The molecule has 0 aliphatic rings. The molecule has 0 fully saturated rings. The van der Waals surface area contributed by atoms with Crippen LogP contribution in [0, 0.1) is 11.6 Å². The molecule has 0 spiro atoms. The normalized spacial score (nSPS) is 8.16. The fraction of sp³-hybridized carbons (Fsp3) is 0.231. The first-order valence-corrected chi connectivity index (χ1v) is 4.61. The molecule has 0 aliphatic heterocycles. The van der Waals surface area contributed by atoms with Gasteiger partial charge in [-0.05, 0) is 12.1 Å². The highest BCUT2D eigenvalue weighted by molar-refractivity contribution is 5.10. The largest absolute Gasteiger partial charge is 0.481 e. The van der Waals surface area contributed by atoms with Gasteiger partial charge in [-0.3, -0.25) is 4.79 Å². The summed E-state index contributed by atoms with van der Waals surface area (Å²) in [7, 11) is 1.49. The Bertz CT molecular complexity index is 492. The van der Waals surface area contributed by atoms with Crippen molar-refractivity contribution in [2.75, 3.05) is 7.11 Å². The molecule has 0 aliphatic carbocycles. The molecule has 1 N–H and O–H groups in total. The summed E-state index contributed by atoms with van der Waals surface area (Å²) in [6.07, 6.45) is 2.13. The third-order valence-electron chi connectivity index (χ3n) is 1.66. The maximum absolute atomic E-state index is 12.1. The third-order valence-corrected chi connectivity index (χ3v) is 1.66. The average molecular weight is 272 g/mol. The van der Waals surface area contributed by atoms with E-state index in [4.69, 9.17) is 4.74 Å². The molecule has 106 valence electrons. The smallest absolute Gasteiger partial charge is 0.248 e. The highest BCUT2D eigenvalue weighted by Gasteiger charge is 1.90. The van der Waals surface area contributed by atoms with Crippen molar-refractivity contribution in [3.8, 4) is 5.88 Å². The molecular weight excluding hydrogens is 254 g/mol. The number of hydrogen-bond acceptors (Lipinski definition) is 3. The van der Waals surface area contributed by atoms with Crippen molar-refractivity contribution in [2.24, 2.45) is 0 Å². The second-order valence-electron chi connectivity index (χ2n) is 2.89. The number of nitrogens with zero attached hydrogens (tertiary/aromatic N) is 1. The zero-order valence-corrected chi connectivity index (χ0v) is 8.98.